The van der Waals surface area contributed by atoms with Crippen LogP contribution in [0.5, 0.6) is 11.5 Å². The number of carbonyl (C=O) groups is 2. The molecule has 2 aromatic carbocycles. The van der Waals surface area contributed by atoms with Crippen LogP contribution in [0, 0.1) is 5.82 Å². The van der Waals surface area contributed by atoms with Gasteiger partial charge < -0.3 is 19.7 Å². The van der Waals surface area contributed by atoms with Crippen molar-refractivity contribution in [2.45, 2.75) is 13.8 Å². The number of carbonyl (C=O) groups excluding carboxylic acids is 2. The van der Waals surface area contributed by atoms with Gasteiger partial charge in [0.2, 0.25) is 0 Å². The van der Waals surface area contributed by atoms with Gasteiger partial charge in [0.1, 0.15) is 5.75 Å². The maximum absolute atomic E-state index is 13.8. The third-order valence-electron chi connectivity index (χ3n) is 3.98. The van der Waals surface area contributed by atoms with Crippen molar-refractivity contribution in [1.82, 2.24) is 4.90 Å². The van der Waals surface area contributed by atoms with Crippen molar-refractivity contribution in [1.29, 1.82) is 0 Å². The minimum Gasteiger partial charge on any atom is -0.494 e. The van der Waals surface area contributed by atoms with Gasteiger partial charge in [0, 0.05) is 30.4 Å². The number of methoxy groups -OCH3 is 1. The molecule has 7 heteroatoms. The Kier molecular flexibility index (Phi) is 7.16. The van der Waals surface area contributed by atoms with Gasteiger partial charge in [0.05, 0.1) is 7.11 Å². The molecule has 0 aliphatic carbocycles. The quantitative estimate of drug-likeness (QED) is 0.770. The van der Waals surface area contributed by atoms with Crippen LogP contribution in [0.1, 0.15) is 24.2 Å². The number of benzene rings is 2. The van der Waals surface area contributed by atoms with E-state index in [2.05, 4.69) is 5.32 Å². The van der Waals surface area contributed by atoms with Crippen LogP contribution < -0.4 is 14.8 Å². The average Bonchev–Trinajstić information content (AvgIpc) is 2.67. The fraction of sp³-hybridized carbons (Fsp3) is 0.300. The fourth-order valence-corrected chi connectivity index (χ4v) is 2.49. The first kappa shape index (κ1) is 20.2. The Labute approximate surface area is 157 Å². The molecule has 0 atom stereocenters. The summed E-state index contributed by atoms with van der Waals surface area (Å²) in [5, 5.41) is 2.67. The molecular formula is C20H23FN2O4. The van der Waals surface area contributed by atoms with Gasteiger partial charge >= 0.3 is 0 Å². The minimum atomic E-state index is -0.614. The van der Waals surface area contributed by atoms with Crippen LogP contribution in [0.15, 0.2) is 42.5 Å². The zero-order valence-corrected chi connectivity index (χ0v) is 15.6. The zero-order valence-electron chi connectivity index (χ0n) is 15.6. The van der Waals surface area contributed by atoms with Gasteiger partial charge in [-0.1, -0.05) is 6.07 Å². The number of nitrogens with one attached hydrogen (secondary N) is 1. The second-order valence-electron chi connectivity index (χ2n) is 5.69. The maximum Gasteiger partial charge on any atom is 0.260 e. The Morgan fingerprint density at radius 2 is 1.85 bits per heavy atom. The van der Waals surface area contributed by atoms with Crippen LogP contribution in [0.25, 0.3) is 0 Å². The molecular weight excluding hydrogens is 351 g/mol. The van der Waals surface area contributed by atoms with E-state index in [9.17, 15) is 14.0 Å². The lowest BCUT2D eigenvalue weighted by molar-refractivity contribution is -0.132. The molecule has 1 N–H and O–H groups in total. The first-order chi connectivity index (χ1) is 13.0. The van der Waals surface area contributed by atoms with Gasteiger partial charge in [-0.05, 0) is 44.2 Å². The Bertz CT molecular complexity index is 806. The number of ether oxygens (including phenoxy) is 2. The van der Waals surface area contributed by atoms with Gasteiger partial charge in [0.25, 0.3) is 11.8 Å². The first-order valence-electron chi connectivity index (χ1n) is 8.64. The lowest BCUT2D eigenvalue weighted by Gasteiger charge is -2.18. The van der Waals surface area contributed by atoms with E-state index in [1.165, 1.54) is 19.2 Å². The number of hydrogen-bond donors (Lipinski definition) is 1. The Morgan fingerprint density at radius 3 is 2.48 bits per heavy atom. The van der Waals surface area contributed by atoms with E-state index >= 15 is 0 Å². The van der Waals surface area contributed by atoms with Crippen molar-refractivity contribution in [3.63, 3.8) is 0 Å². The molecule has 0 saturated carbocycles. The first-order valence-corrected chi connectivity index (χ1v) is 8.64. The normalized spacial score (nSPS) is 10.2. The highest BCUT2D eigenvalue weighted by atomic mass is 19.1. The summed E-state index contributed by atoms with van der Waals surface area (Å²) in [6, 6.07) is 10.6. The van der Waals surface area contributed by atoms with Gasteiger partial charge in [-0.3, -0.25) is 9.59 Å². The lowest BCUT2D eigenvalue weighted by Crippen LogP contribution is -2.34. The molecule has 0 aliphatic heterocycles. The summed E-state index contributed by atoms with van der Waals surface area (Å²) in [5.74, 6) is -0.665. The molecule has 2 aromatic rings. The highest BCUT2D eigenvalue weighted by molar-refractivity contribution is 6.04. The SMILES string of the molecule is CCN(CC)C(=O)COc1cccc(NC(=O)c2ccc(OC)c(F)c2)c1. The third-order valence-corrected chi connectivity index (χ3v) is 3.98. The van der Waals surface area contributed by atoms with E-state index in [1.807, 2.05) is 13.8 Å². The molecule has 0 aromatic heterocycles. The van der Waals surface area contributed by atoms with E-state index in [0.717, 1.165) is 6.07 Å². The summed E-state index contributed by atoms with van der Waals surface area (Å²) in [6.45, 7) is 4.96. The topological polar surface area (TPSA) is 67.9 Å². The molecule has 0 radical (unpaired) electrons. The van der Waals surface area contributed by atoms with Crippen molar-refractivity contribution < 1.29 is 23.5 Å². The molecule has 0 heterocycles. The Morgan fingerprint density at radius 1 is 1.11 bits per heavy atom. The summed E-state index contributed by atoms with van der Waals surface area (Å²) in [4.78, 5) is 26.0. The second kappa shape index (κ2) is 9.56. The summed E-state index contributed by atoms with van der Waals surface area (Å²) in [7, 11) is 1.36. The van der Waals surface area contributed by atoms with E-state index in [4.69, 9.17) is 9.47 Å². The molecule has 144 valence electrons. The van der Waals surface area contributed by atoms with E-state index < -0.39 is 11.7 Å². The number of anilines is 1. The van der Waals surface area contributed by atoms with Crippen LogP contribution in [-0.4, -0.2) is 43.5 Å². The lowest BCUT2D eigenvalue weighted by atomic mass is 10.2. The van der Waals surface area contributed by atoms with Crippen molar-refractivity contribution in [3.05, 3.63) is 53.8 Å². The standard InChI is InChI=1S/C20H23FN2O4/c1-4-23(5-2)19(24)13-27-16-8-6-7-15(12-16)22-20(25)14-9-10-18(26-3)17(21)11-14/h6-12H,4-5,13H2,1-3H3,(H,22,25). The second-order valence-corrected chi connectivity index (χ2v) is 5.69. The average molecular weight is 374 g/mol. The molecule has 2 rings (SSSR count). The van der Waals surface area contributed by atoms with Crippen LogP contribution in [-0.2, 0) is 4.79 Å². The summed E-state index contributed by atoms with van der Waals surface area (Å²) in [5.41, 5.74) is 0.639. The van der Waals surface area contributed by atoms with Crippen LogP contribution in [0.2, 0.25) is 0 Å². The number of likely N-dealkylation sites (N-methyl/N-ethyl adjacent to an activating group) is 1. The number of nitrogens with zero attached hydrogens (tertiary/aromatic N) is 1. The number of amides is 2. The molecule has 0 spiro atoms. The van der Waals surface area contributed by atoms with Crippen LogP contribution in [0.4, 0.5) is 10.1 Å². The van der Waals surface area contributed by atoms with Gasteiger partial charge in [0.15, 0.2) is 18.2 Å². The smallest absolute Gasteiger partial charge is 0.260 e. The summed E-state index contributed by atoms with van der Waals surface area (Å²) >= 11 is 0. The largest absolute Gasteiger partial charge is 0.494 e. The highest BCUT2D eigenvalue weighted by Crippen LogP contribution is 2.21. The molecule has 0 fully saturated rings. The van der Waals surface area contributed by atoms with Crippen molar-refractivity contribution in [2.75, 3.05) is 32.1 Å². The van der Waals surface area contributed by atoms with Gasteiger partial charge in [-0.15, -0.1) is 0 Å². The van der Waals surface area contributed by atoms with Crippen molar-refractivity contribution >= 4 is 17.5 Å². The summed E-state index contributed by atoms with van der Waals surface area (Å²) in [6.07, 6.45) is 0. The predicted molar refractivity (Wildman–Crippen MR) is 101 cm³/mol. The van der Waals surface area contributed by atoms with Gasteiger partial charge in [-0.25, -0.2) is 4.39 Å². The van der Waals surface area contributed by atoms with Crippen LogP contribution >= 0.6 is 0 Å². The van der Waals surface area contributed by atoms with Crippen LogP contribution in [0.3, 0.4) is 0 Å². The Hall–Kier alpha value is -3.09. The Balaban J connectivity index is 2.01. The van der Waals surface area contributed by atoms with E-state index in [1.54, 1.807) is 29.2 Å². The van der Waals surface area contributed by atoms with Crippen molar-refractivity contribution in [3.8, 4) is 11.5 Å². The molecule has 0 aliphatic rings. The number of hydrogen-bond acceptors (Lipinski definition) is 4. The molecule has 0 unspecified atom stereocenters. The molecule has 2 amide bonds. The number of halogens is 1. The van der Waals surface area contributed by atoms with E-state index in [0.29, 0.717) is 24.5 Å². The van der Waals surface area contributed by atoms with Gasteiger partial charge in [-0.2, -0.15) is 0 Å². The highest BCUT2D eigenvalue weighted by Gasteiger charge is 2.12. The number of rotatable bonds is 8. The molecule has 0 saturated heterocycles. The predicted octanol–water partition coefficient (Wildman–Crippen LogP) is 3.33. The van der Waals surface area contributed by atoms with E-state index in [-0.39, 0.29) is 23.8 Å². The molecule has 0 bridgehead atoms. The minimum absolute atomic E-state index is 0.0693. The fourth-order valence-electron chi connectivity index (χ4n) is 2.49. The third kappa shape index (κ3) is 5.44. The molecule has 27 heavy (non-hydrogen) atoms. The maximum atomic E-state index is 13.8. The van der Waals surface area contributed by atoms with Crippen molar-refractivity contribution in [2.24, 2.45) is 0 Å². The molecule has 6 nitrogen and oxygen atoms in total. The zero-order chi connectivity index (χ0) is 19.8. The monoisotopic (exact) mass is 374 g/mol. The summed E-state index contributed by atoms with van der Waals surface area (Å²) < 4.78 is 24.1.